The first-order chi connectivity index (χ1) is 11.9. The monoisotopic (exact) mass is 338 g/mol. The van der Waals surface area contributed by atoms with Crippen LogP contribution in [0.1, 0.15) is 17.0 Å². The molecule has 0 saturated heterocycles. The van der Waals surface area contributed by atoms with E-state index in [4.69, 9.17) is 0 Å². The number of aromatic nitrogens is 2. The number of aryl methyl sites for hydroxylation is 2. The summed E-state index contributed by atoms with van der Waals surface area (Å²) in [5.74, 6) is 0.232. The number of hydrogen-bond donors (Lipinski definition) is 1. The smallest absolute Gasteiger partial charge is 0.282 e. The van der Waals surface area contributed by atoms with E-state index in [0.717, 1.165) is 4.68 Å². The van der Waals surface area contributed by atoms with Crippen LogP contribution in [0.2, 0.25) is 0 Å². The number of hydrogen-bond acceptors (Lipinski definition) is 6. The molecule has 0 aliphatic rings. The lowest BCUT2D eigenvalue weighted by molar-refractivity contribution is -0.384. The Labute approximate surface area is 141 Å². The molecule has 0 aliphatic heterocycles. The van der Waals surface area contributed by atoms with Crippen molar-refractivity contribution in [2.45, 2.75) is 13.8 Å². The summed E-state index contributed by atoms with van der Waals surface area (Å²) in [6, 6.07) is 9.34. The molecule has 0 saturated carbocycles. The zero-order valence-electron chi connectivity index (χ0n) is 13.5. The fourth-order valence-corrected chi connectivity index (χ4v) is 2.48. The number of non-ortho nitro benzene ring substituents is 1. The Balaban J connectivity index is 2.14. The van der Waals surface area contributed by atoms with Crippen molar-refractivity contribution in [1.29, 1.82) is 0 Å². The molecule has 0 radical (unpaired) electrons. The van der Waals surface area contributed by atoms with Gasteiger partial charge in [0.15, 0.2) is 0 Å². The predicted molar refractivity (Wildman–Crippen MR) is 93.2 cm³/mol. The van der Waals surface area contributed by atoms with Crippen LogP contribution in [0.3, 0.4) is 0 Å². The van der Waals surface area contributed by atoms with Crippen LogP contribution >= 0.6 is 0 Å². The van der Waals surface area contributed by atoms with E-state index >= 15 is 0 Å². The summed E-state index contributed by atoms with van der Waals surface area (Å²) in [5.41, 5.74) is 0.520. The number of phenolic OH excluding ortho intramolecular Hbond substituents is 1. The standard InChI is InChI=1S/C17H14N4O4/c1-10-7-13(21(24)25)8-12(16(10)22)9-18-20-11(2)19-15-6-4-3-5-14(15)17(20)23/h3-9,22H,1-2H3/b18-9+. The zero-order chi connectivity index (χ0) is 18.1. The molecule has 1 heterocycles. The van der Waals surface area contributed by atoms with Gasteiger partial charge in [-0.1, -0.05) is 12.1 Å². The zero-order valence-corrected chi connectivity index (χ0v) is 13.5. The maximum absolute atomic E-state index is 12.5. The summed E-state index contributed by atoms with van der Waals surface area (Å²) >= 11 is 0. The second-order valence-corrected chi connectivity index (χ2v) is 5.50. The second-order valence-electron chi connectivity index (χ2n) is 5.50. The number of fused-ring (bicyclic) bond motifs is 1. The van der Waals surface area contributed by atoms with Gasteiger partial charge >= 0.3 is 0 Å². The number of aromatic hydroxyl groups is 1. The van der Waals surface area contributed by atoms with E-state index in [2.05, 4.69) is 10.1 Å². The van der Waals surface area contributed by atoms with Gasteiger partial charge < -0.3 is 5.11 Å². The van der Waals surface area contributed by atoms with Crippen molar-refractivity contribution in [3.05, 3.63) is 73.8 Å². The van der Waals surface area contributed by atoms with E-state index in [1.807, 2.05) is 0 Å². The van der Waals surface area contributed by atoms with Crippen molar-refractivity contribution >= 4 is 22.8 Å². The first-order valence-corrected chi connectivity index (χ1v) is 7.39. The van der Waals surface area contributed by atoms with E-state index in [0.29, 0.717) is 22.3 Å². The highest BCUT2D eigenvalue weighted by molar-refractivity contribution is 5.85. The lowest BCUT2D eigenvalue weighted by Crippen LogP contribution is -2.20. The molecular formula is C17H14N4O4. The van der Waals surface area contributed by atoms with Crippen LogP contribution < -0.4 is 5.56 Å². The number of nitrogens with zero attached hydrogens (tertiary/aromatic N) is 4. The minimum Gasteiger partial charge on any atom is -0.507 e. The number of nitro groups is 1. The molecule has 0 fully saturated rings. The third-order valence-corrected chi connectivity index (χ3v) is 3.75. The molecule has 8 nitrogen and oxygen atoms in total. The quantitative estimate of drug-likeness (QED) is 0.448. The summed E-state index contributed by atoms with van der Waals surface area (Å²) in [6.45, 7) is 3.18. The van der Waals surface area contributed by atoms with Gasteiger partial charge in [-0.15, -0.1) is 0 Å². The van der Waals surface area contributed by atoms with Gasteiger partial charge in [0.05, 0.1) is 22.0 Å². The van der Waals surface area contributed by atoms with Gasteiger partial charge in [-0.05, 0) is 31.5 Å². The number of para-hydroxylation sites is 1. The molecule has 1 N–H and O–H groups in total. The average Bonchev–Trinajstić information content (AvgIpc) is 2.57. The molecule has 25 heavy (non-hydrogen) atoms. The van der Waals surface area contributed by atoms with Gasteiger partial charge in [0.2, 0.25) is 0 Å². The van der Waals surface area contributed by atoms with Crippen molar-refractivity contribution in [2.24, 2.45) is 5.10 Å². The molecule has 126 valence electrons. The first kappa shape index (κ1) is 16.3. The highest BCUT2D eigenvalue weighted by Crippen LogP contribution is 2.26. The van der Waals surface area contributed by atoms with Crippen molar-refractivity contribution in [1.82, 2.24) is 9.66 Å². The van der Waals surface area contributed by atoms with Gasteiger partial charge in [0.25, 0.3) is 11.2 Å². The molecule has 3 aromatic rings. The van der Waals surface area contributed by atoms with E-state index in [9.17, 15) is 20.0 Å². The summed E-state index contributed by atoms with van der Waals surface area (Å²) in [4.78, 5) is 27.3. The van der Waals surface area contributed by atoms with Crippen LogP contribution in [0.5, 0.6) is 5.75 Å². The summed E-state index contributed by atoms with van der Waals surface area (Å²) in [5, 5.41) is 25.5. The van der Waals surface area contributed by atoms with E-state index in [1.54, 1.807) is 38.1 Å². The van der Waals surface area contributed by atoms with Crippen LogP contribution in [-0.4, -0.2) is 25.9 Å². The molecule has 0 spiro atoms. The summed E-state index contributed by atoms with van der Waals surface area (Å²) in [7, 11) is 0. The van der Waals surface area contributed by atoms with E-state index < -0.39 is 4.92 Å². The van der Waals surface area contributed by atoms with Gasteiger partial charge in [0.1, 0.15) is 11.6 Å². The molecule has 1 aromatic heterocycles. The lowest BCUT2D eigenvalue weighted by Gasteiger charge is -2.06. The minimum atomic E-state index is -0.557. The van der Waals surface area contributed by atoms with Crippen molar-refractivity contribution in [2.75, 3.05) is 0 Å². The summed E-state index contributed by atoms with van der Waals surface area (Å²) in [6.07, 6.45) is 1.21. The predicted octanol–water partition coefficient (Wildman–Crippen LogP) is 2.51. The average molecular weight is 338 g/mol. The maximum Gasteiger partial charge on any atom is 0.282 e. The molecule has 0 unspecified atom stereocenters. The minimum absolute atomic E-state index is 0.131. The highest BCUT2D eigenvalue weighted by atomic mass is 16.6. The molecular weight excluding hydrogens is 324 g/mol. The number of nitro benzene ring substituents is 1. The normalized spacial score (nSPS) is 11.3. The molecule has 8 heteroatoms. The largest absolute Gasteiger partial charge is 0.507 e. The Morgan fingerprint density at radius 3 is 2.72 bits per heavy atom. The Morgan fingerprint density at radius 2 is 2.00 bits per heavy atom. The van der Waals surface area contributed by atoms with Crippen LogP contribution in [0, 0.1) is 24.0 Å². The Morgan fingerprint density at radius 1 is 1.28 bits per heavy atom. The maximum atomic E-state index is 12.5. The van der Waals surface area contributed by atoms with E-state index in [1.165, 1.54) is 18.3 Å². The van der Waals surface area contributed by atoms with Crippen LogP contribution in [0.25, 0.3) is 10.9 Å². The second kappa shape index (κ2) is 6.16. The Bertz CT molecular complexity index is 1090. The van der Waals surface area contributed by atoms with Gasteiger partial charge in [0, 0.05) is 17.7 Å². The Hall–Kier alpha value is -3.55. The lowest BCUT2D eigenvalue weighted by atomic mass is 10.1. The number of benzene rings is 2. The SMILES string of the molecule is Cc1cc([N+](=O)[O-])cc(/C=N/n2c(C)nc3ccccc3c2=O)c1O. The molecule has 2 aromatic carbocycles. The van der Waals surface area contributed by atoms with Crippen LogP contribution in [-0.2, 0) is 0 Å². The van der Waals surface area contributed by atoms with Gasteiger partial charge in [-0.2, -0.15) is 9.78 Å². The third-order valence-electron chi connectivity index (χ3n) is 3.75. The van der Waals surface area contributed by atoms with Crippen molar-refractivity contribution in [3.8, 4) is 5.75 Å². The summed E-state index contributed by atoms with van der Waals surface area (Å²) < 4.78 is 1.09. The van der Waals surface area contributed by atoms with Crippen LogP contribution in [0.15, 0.2) is 46.3 Å². The fourth-order valence-electron chi connectivity index (χ4n) is 2.48. The van der Waals surface area contributed by atoms with Crippen molar-refractivity contribution < 1.29 is 10.0 Å². The molecule has 0 amide bonds. The van der Waals surface area contributed by atoms with Gasteiger partial charge in [-0.25, -0.2) is 4.98 Å². The highest BCUT2D eigenvalue weighted by Gasteiger charge is 2.13. The molecule has 0 bridgehead atoms. The van der Waals surface area contributed by atoms with Gasteiger partial charge in [-0.3, -0.25) is 14.9 Å². The molecule has 3 rings (SSSR count). The topological polar surface area (TPSA) is 111 Å². The number of phenols is 1. The fraction of sp³-hybridized carbons (Fsp3) is 0.118. The van der Waals surface area contributed by atoms with E-state index in [-0.39, 0.29) is 22.6 Å². The first-order valence-electron chi connectivity index (χ1n) is 7.39. The molecule has 0 aliphatic carbocycles. The number of rotatable bonds is 3. The molecule has 0 atom stereocenters. The Kier molecular flexibility index (Phi) is 4.02. The van der Waals surface area contributed by atoms with Crippen molar-refractivity contribution in [3.63, 3.8) is 0 Å². The third kappa shape index (κ3) is 2.97. The van der Waals surface area contributed by atoms with Crippen LogP contribution in [0.4, 0.5) is 5.69 Å².